The number of methoxy groups -OCH3 is 1. The Balaban J connectivity index is 1.48. The summed E-state index contributed by atoms with van der Waals surface area (Å²) in [6.45, 7) is 0. The lowest BCUT2D eigenvalue weighted by molar-refractivity contribution is -0.0846. The van der Waals surface area contributed by atoms with E-state index in [1.807, 2.05) is 12.1 Å². The van der Waals surface area contributed by atoms with Crippen molar-refractivity contribution >= 4 is 55.3 Å². The van der Waals surface area contributed by atoms with E-state index in [9.17, 15) is 8.42 Å². The molecule has 3 aliphatic rings. The summed E-state index contributed by atoms with van der Waals surface area (Å²) in [6, 6.07) is 4.07. The van der Waals surface area contributed by atoms with Crippen molar-refractivity contribution in [3.05, 3.63) is 24.8 Å². The van der Waals surface area contributed by atoms with E-state index in [1.54, 1.807) is 7.11 Å². The van der Waals surface area contributed by atoms with Crippen LogP contribution in [0.2, 0.25) is 0 Å². The van der Waals surface area contributed by atoms with Gasteiger partial charge in [0.1, 0.15) is 5.75 Å². The predicted molar refractivity (Wildman–Crippen MR) is 112 cm³/mol. The van der Waals surface area contributed by atoms with Crippen LogP contribution in [0.15, 0.2) is 12.1 Å². The molecule has 9 heteroatoms. The van der Waals surface area contributed by atoms with Crippen LogP contribution in [0.4, 0.5) is 0 Å². The van der Waals surface area contributed by atoms with Crippen molar-refractivity contribution in [2.45, 2.75) is 37.8 Å². The molecule has 2 bridgehead atoms. The minimum atomic E-state index is -3.91. The molecule has 0 aromatic heterocycles. The molecular weight excluding hydrogens is 586 g/mol. The molecule has 6 atom stereocenters. The van der Waals surface area contributed by atoms with Crippen molar-refractivity contribution in [3.8, 4) is 5.75 Å². The number of ether oxygens (including phenoxy) is 3. The molecule has 1 N–H and O–H groups in total. The zero-order chi connectivity index (χ0) is 18.6. The summed E-state index contributed by atoms with van der Waals surface area (Å²) in [5, 5.41) is 0. The van der Waals surface area contributed by atoms with Crippen molar-refractivity contribution in [2.24, 2.45) is 17.8 Å². The second-order valence-corrected chi connectivity index (χ2v) is 11.2. The lowest BCUT2D eigenvalue weighted by atomic mass is 9.83. The molecule has 3 fully saturated rings. The fraction of sp³-hybridized carbons (Fsp3) is 0.647. The van der Waals surface area contributed by atoms with Crippen LogP contribution < -0.4 is 4.74 Å². The van der Waals surface area contributed by atoms with Gasteiger partial charge in [-0.15, -0.1) is 0 Å². The van der Waals surface area contributed by atoms with E-state index in [0.29, 0.717) is 18.3 Å². The van der Waals surface area contributed by atoms with Gasteiger partial charge in [0.2, 0.25) is 0 Å². The van der Waals surface area contributed by atoms with Gasteiger partial charge in [-0.3, -0.25) is 4.55 Å². The Kier molecular flexibility index (Phi) is 5.50. The largest absolute Gasteiger partial charge is 0.495 e. The number of rotatable bonds is 5. The fourth-order valence-corrected chi connectivity index (χ4v) is 7.63. The van der Waals surface area contributed by atoms with E-state index in [4.69, 9.17) is 18.8 Å². The number of halogens is 2. The lowest BCUT2D eigenvalue weighted by Crippen LogP contribution is -2.35. The van der Waals surface area contributed by atoms with Gasteiger partial charge >= 0.3 is 0 Å². The van der Waals surface area contributed by atoms with Crippen molar-refractivity contribution in [1.29, 1.82) is 0 Å². The van der Waals surface area contributed by atoms with Crippen LogP contribution >= 0.6 is 45.2 Å². The van der Waals surface area contributed by atoms with Gasteiger partial charge in [0, 0.05) is 5.56 Å². The first kappa shape index (κ1) is 19.6. The van der Waals surface area contributed by atoms with E-state index in [1.165, 1.54) is 0 Å². The van der Waals surface area contributed by atoms with Crippen LogP contribution in [0.25, 0.3) is 0 Å². The summed E-state index contributed by atoms with van der Waals surface area (Å²) in [7, 11) is -2.24. The molecule has 6 unspecified atom stereocenters. The summed E-state index contributed by atoms with van der Waals surface area (Å²) in [4.78, 5) is 0. The molecule has 0 spiro atoms. The molecule has 2 saturated carbocycles. The van der Waals surface area contributed by atoms with Crippen molar-refractivity contribution < 1.29 is 27.2 Å². The monoisotopic (exact) mass is 606 g/mol. The fourth-order valence-electron chi connectivity index (χ4n) is 4.77. The number of hydrogen-bond acceptors (Lipinski definition) is 5. The van der Waals surface area contributed by atoms with Crippen LogP contribution in [0.3, 0.4) is 0 Å². The molecule has 6 nitrogen and oxygen atoms in total. The first-order valence-corrected chi connectivity index (χ1v) is 12.3. The summed E-state index contributed by atoms with van der Waals surface area (Å²) in [5.74, 6) is 1.70. The Bertz CT molecular complexity index is 790. The molecule has 26 heavy (non-hydrogen) atoms. The van der Waals surface area contributed by atoms with Gasteiger partial charge in [0.05, 0.1) is 32.2 Å². The highest BCUT2D eigenvalue weighted by Gasteiger charge is 2.58. The van der Waals surface area contributed by atoms with Gasteiger partial charge < -0.3 is 14.2 Å². The van der Waals surface area contributed by atoms with Crippen LogP contribution in [0.5, 0.6) is 5.75 Å². The predicted octanol–water partition coefficient (Wildman–Crippen LogP) is 3.62. The Morgan fingerprint density at radius 2 is 1.85 bits per heavy atom. The van der Waals surface area contributed by atoms with E-state index < -0.39 is 10.1 Å². The topological polar surface area (TPSA) is 82.1 Å². The highest BCUT2D eigenvalue weighted by molar-refractivity contribution is 14.1. The second-order valence-electron chi connectivity index (χ2n) is 7.28. The summed E-state index contributed by atoms with van der Waals surface area (Å²) >= 11 is 4.51. The molecule has 2 aliphatic carbocycles. The first-order valence-electron chi connectivity index (χ1n) is 8.56. The van der Waals surface area contributed by atoms with E-state index >= 15 is 0 Å². The second kappa shape index (κ2) is 7.29. The SMILES string of the molecule is COc1c(I)cc(C2OC3C4CC(CCS(=O)(=O)O)C(C4)C3O2)cc1I. The Morgan fingerprint density at radius 3 is 2.46 bits per heavy atom. The van der Waals surface area contributed by atoms with Crippen molar-refractivity contribution in [1.82, 2.24) is 0 Å². The number of benzene rings is 1. The van der Waals surface area contributed by atoms with Gasteiger partial charge in [-0.25, -0.2) is 0 Å². The Morgan fingerprint density at radius 1 is 1.19 bits per heavy atom. The van der Waals surface area contributed by atoms with Gasteiger partial charge in [-0.1, -0.05) is 0 Å². The molecule has 1 aromatic rings. The Hall–Kier alpha value is 0.310. The third-order valence-corrected chi connectivity index (χ3v) is 8.16. The summed E-state index contributed by atoms with van der Waals surface area (Å²) in [6.07, 6.45) is 2.19. The highest BCUT2D eigenvalue weighted by atomic mass is 127. The zero-order valence-corrected chi connectivity index (χ0v) is 19.2. The smallest absolute Gasteiger partial charge is 0.264 e. The minimum absolute atomic E-state index is 0.0163. The average Bonchev–Trinajstić information content (AvgIpc) is 3.23. The molecule has 1 aromatic carbocycles. The number of hydrogen-bond donors (Lipinski definition) is 1. The van der Waals surface area contributed by atoms with Crippen LogP contribution in [-0.2, 0) is 19.6 Å². The molecule has 4 rings (SSSR count). The maximum absolute atomic E-state index is 11.1. The van der Waals surface area contributed by atoms with Gasteiger partial charge in [-0.05, 0) is 94.3 Å². The lowest BCUT2D eigenvalue weighted by Gasteiger charge is -2.28. The minimum Gasteiger partial charge on any atom is -0.495 e. The third-order valence-electron chi connectivity index (χ3n) is 5.80. The zero-order valence-electron chi connectivity index (χ0n) is 14.1. The van der Waals surface area contributed by atoms with Gasteiger partial charge in [0.15, 0.2) is 6.29 Å². The van der Waals surface area contributed by atoms with Crippen LogP contribution in [0.1, 0.15) is 31.1 Å². The van der Waals surface area contributed by atoms with E-state index in [-0.39, 0.29) is 30.2 Å². The normalized spacial score (nSPS) is 35.7. The average molecular weight is 606 g/mol. The van der Waals surface area contributed by atoms with Crippen molar-refractivity contribution in [2.75, 3.05) is 12.9 Å². The summed E-state index contributed by atoms with van der Waals surface area (Å²) in [5.41, 5.74) is 0.989. The maximum Gasteiger partial charge on any atom is 0.264 e. The quantitative estimate of drug-likeness (QED) is 0.408. The molecular formula is C17H20I2O6S. The third kappa shape index (κ3) is 3.63. The Labute approximate surface area is 180 Å². The molecule has 0 radical (unpaired) electrons. The van der Waals surface area contributed by atoms with Gasteiger partial charge in [0.25, 0.3) is 10.1 Å². The molecule has 0 amide bonds. The molecule has 1 aliphatic heterocycles. The maximum atomic E-state index is 11.1. The van der Waals surface area contributed by atoms with Crippen LogP contribution in [0, 0.1) is 24.9 Å². The highest BCUT2D eigenvalue weighted by Crippen LogP contribution is 2.57. The first-order chi connectivity index (χ1) is 12.3. The summed E-state index contributed by atoms with van der Waals surface area (Å²) < 4.78 is 51.1. The molecule has 144 valence electrons. The number of fused-ring (bicyclic) bond motifs is 5. The van der Waals surface area contributed by atoms with E-state index in [2.05, 4.69) is 45.2 Å². The van der Waals surface area contributed by atoms with Crippen LogP contribution in [-0.4, -0.2) is 38.0 Å². The van der Waals surface area contributed by atoms with E-state index in [0.717, 1.165) is 31.3 Å². The van der Waals surface area contributed by atoms with Crippen molar-refractivity contribution in [3.63, 3.8) is 0 Å². The molecule has 1 heterocycles. The molecule has 1 saturated heterocycles. The standard InChI is InChI=1S/C17H20I2O6S/c1-23-16-12(18)6-10(7-13(16)19)17-24-14-9-4-8(2-3-26(20,21)22)11(5-9)15(14)25-17/h6-9,11,14-15,17H,2-5H2,1H3,(H,20,21,22). The van der Waals surface area contributed by atoms with Gasteiger partial charge in [-0.2, -0.15) is 8.42 Å².